The Morgan fingerprint density at radius 3 is 1.64 bits per heavy atom. The largest absolute Gasteiger partial charge is 0.389 e. The summed E-state index contributed by atoms with van der Waals surface area (Å²) in [7, 11) is 0. The summed E-state index contributed by atoms with van der Waals surface area (Å²) in [5, 5.41) is 0. The summed E-state index contributed by atoms with van der Waals surface area (Å²) in [6.45, 7) is 0. The third-order valence-corrected chi connectivity index (χ3v) is 1.46. The van der Waals surface area contributed by atoms with Crippen LogP contribution < -0.4 is 0 Å². The van der Waals surface area contributed by atoms with Crippen molar-refractivity contribution in [1.29, 1.82) is 0 Å². The Morgan fingerprint density at radius 1 is 0.909 bits per heavy atom. The number of halogens is 6. The molecular formula is C5H6F5I. The van der Waals surface area contributed by atoms with Crippen LogP contribution in [0.5, 0.6) is 0 Å². The van der Waals surface area contributed by atoms with Gasteiger partial charge in [0.05, 0.1) is 0 Å². The summed E-state index contributed by atoms with van der Waals surface area (Å²) in [5.74, 6) is 0. The molecule has 0 aliphatic carbocycles. The second-order valence-corrected chi connectivity index (χ2v) is 3.66. The highest BCUT2D eigenvalue weighted by Gasteiger charge is 2.30. The Hall–Kier alpha value is 0.380. The van der Waals surface area contributed by atoms with E-state index in [1.165, 1.54) is 0 Å². The lowest BCUT2D eigenvalue weighted by molar-refractivity contribution is -0.136. The fourth-order valence-corrected chi connectivity index (χ4v) is 0.871. The molecule has 0 aromatic rings. The highest BCUT2D eigenvalue weighted by molar-refractivity contribution is 14.1. The molecule has 0 aromatic carbocycles. The summed E-state index contributed by atoms with van der Waals surface area (Å²) in [5.41, 5.74) is 0. The highest BCUT2D eigenvalue weighted by Crippen LogP contribution is 2.31. The molecule has 0 saturated heterocycles. The van der Waals surface area contributed by atoms with Crippen LogP contribution in [0.1, 0.15) is 19.3 Å². The maximum absolute atomic E-state index is 11.9. The Kier molecular flexibility index (Phi) is 3.99. The van der Waals surface area contributed by atoms with E-state index in [0.29, 0.717) is 0 Å². The van der Waals surface area contributed by atoms with Crippen molar-refractivity contribution in [2.75, 3.05) is 0 Å². The van der Waals surface area contributed by atoms with E-state index in [4.69, 9.17) is 0 Å². The van der Waals surface area contributed by atoms with Gasteiger partial charge in [-0.25, -0.2) is 0 Å². The topological polar surface area (TPSA) is 0 Å². The smallest absolute Gasteiger partial charge is 0.195 e. The minimum Gasteiger partial charge on any atom is -0.195 e. The summed E-state index contributed by atoms with van der Waals surface area (Å²) in [4.78, 5) is 0. The number of hydrogen-bond acceptors (Lipinski definition) is 0. The summed E-state index contributed by atoms with van der Waals surface area (Å²) in [6, 6.07) is 0. The van der Waals surface area contributed by atoms with Gasteiger partial charge in [-0.05, 0) is 29.0 Å². The van der Waals surface area contributed by atoms with Crippen molar-refractivity contribution in [2.24, 2.45) is 0 Å². The van der Waals surface area contributed by atoms with Crippen molar-refractivity contribution in [1.82, 2.24) is 0 Å². The first-order valence-corrected chi connectivity index (χ1v) is 3.92. The number of hydrogen-bond donors (Lipinski definition) is 0. The molecular weight excluding hydrogens is 282 g/mol. The standard InChI is InChI=1S/C5H6F5I/c6-4(7,8)2-1-3-5(9,10)11/h1-3H2. The van der Waals surface area contributed by atoms with Crippen LogP contribution >= 0.6 is 22.6 Å². The molecule has 6 heteroatoms. The summed E-state index contributed by atoms with van der Waals surface area (Å²) >= 11 is 0.827. The van der Waals surface area contributed by atoms with Gasteiger partial charge < -0.3 is 0 Å². The average Bonchev–Trinajstić information content (AvgIpc) is 1.55. The monoisotopic (exact) mass is 288 g/mol. The van der Waals surface area contributed by atoms with Gasteiger partial charge in [0.25, 0.3) is 3.93 Å². The SMILES string of the molecule is FC(F)(F)CCCC(F)(F)I. The van der Waals surface area contributed by atoms with Gasteiger partial charge in [0.1, 0.15) is 0 Å². The number of rotatable bonds is 3. The van der Waals surface area contributed by atoms with Crippen LogP contribution in [0.3, 0.4) is 0 Å². The molecule has 0 aliphatic rings. The van der Waals surface area contributed by atoms with Crippen LogP contribution in [0.15, 0.2) is 0 Å². The van der Waals surface area contributed by atoms with Gasteiger partial charge in [0.15, 0.2) is 0 Å². The Balaban J connectivity index is 3.44. The minimum atomic E-state index is -4.32. The van der Waals surface area contributed by atoms with E-state index in [0.717, 1.165) is 22.6 Å². The second kappa shape index (κ2) is 3.86. The third-order valence-electron chi connectivity index (χ3n) is 0.921. The molecule has 0 aromatic heterocycles. The maximum Gasteiger partial charge on any atom is 0.389 e. The van der Waals surface area contributed by atoms with Gasteiger partial charge >= 0.3 is 6.18 Å². The lowest BCUT2D eigenvalue weighted by atomic mass is 10.2. The first-order chi connectivity index (χ1) is 4.71. The fraction of sp³-hybridized carbons (Fsp3) is 1.00. The molecule has 0 rings (SSSR count). The lowest BCUT2D eigenvalue weighted by Crippen LogP contribution is -2.10. The zero-order chi connectivity index (χ0) is 9.12. The molecule has 0 saturated carbocycles. The first-order valence-electron chi connectivity index (χ1n) is 2.84. The number of alkyl halides is 6. The Morgan fingerprint density at radius 2 is 1.36 bits per heavy atom. The van der Waals surface area contributed by atoms with Crippen molar-refractivity contribution in [2.45, 2.75) is 29.4 Å². The van der Waals surface area contributed by atoms with Crippen molar-refractivity contribution in [3.63, 3.8) is 0 Å². The molecule has 0 spiro atoms. The zero-order valence-electron chi connectivity index (χ0n) is 5.39. The Bertz CT molecular complexity index is 99.0. The van der Waals surface area contributed by atoms with E-state index in [1.54, 1.807) is 0 Å². The van der Waals surface area contributed by atoms with Gasteiger partial charge in [0, 0.05) is 12.8 Å². The van der Waals surface area contributed by atoms with Crippen LogP contribution in [-0.4, -0.2) is 10.1 Å². The molecule has 0 amide bonds. The molecule has 0 heterocycles. The van der Waals surface area contributed by atoms with Gasteiger partial charge in [-0.15, -0.1) is 0 Å². The molecule has 0 bridgehead atoms. The molecule has 0 fully saturated rings. The average molecular weight is 288 g/mol. The van der Waals surface area contributed by atoms with E-state index in [1.807, 2.05) is 0 Å². The van der Waals surface area contributed by atoms with E-state index in [2.05, 4.69) is 0 Å². The molecule has 68 valence electrons. The van der Waals surface area contributed by atoms with Crippen molar-refractivity contribution >= 4 is 22.6 Å². The predicted molar refractivity (Wildman–Crippen MR) is 38.9 cm³/mol. The van der Waals surface area contributed by atoms with Gasteiger partial charge in [-0.3, -0.25) is 0 Å². The van der Waals surface area contributed by atoms with Crippen LogP contribution in [0, 0.1) is 0 Å². The van der Waals surface area contributed by atoms with E-state index < -0.39 is 29.4 Å². The van der Waals surface area contributed by atoms with E-state index in [9.17, 15) is 22.0 Å². The lowest BCUT2D eigenvalue weighted by Gasteiger charge is -2.09. The van der Waals surface area contributed by atoms with Crippen LogP contribution in [-0.2, 0) is 0 Å². The zero-order valence-corrected chi connectivity index (χ0v) is 7.55. The molecule has 0 unspecified atom stereocenters. The van der Waals surface area contributed by atoms with Gasteiger partial charge in [-0.2, -0.15) is 22.0 Å². The Labute approximate surface area is 74.3 Å². The first kappa shape index (κ1) is 11.4. The molecule has 0 atom stereocenters. The minimum absolute atomic E-state index is 0.514. The summed E-state index contributed by atoms with van der Waals surface area (Å²) < 4.78 is 55.0. The third kappa shape index (κ3) is 10.4. The molecule has 0 radical (unpaired) electrons. The predicted octanol–water partition coefficient (Wildman–Crippen LogP) is 3.75. The van der Waals surface area contributed by atoms with Gasteiger partial charge in [-0.1, -0.05) is 0 Å². The van der Waals surface area contributed by atoms with Crippen LogP contribution in [0.4, 0.5) is 22.0 Å². The molecule has 0 aliphatic heterocycles. The van der Waals surface area contributed by atoms with Crippen LogP contribution in [0.25, 0.3) is 0 Å². The normalized spacial score (nSPS) is 13.6. The van der Waals surface area contributed by atoms with Crippen LogP contribution in [0.2, 0.25) is 0 Å². The van der Waals surface area contributed by atoms with Gasteiger partial charge in [0.2, 0.25) is 0 Å². The molecule has 0 N–H and O–H groups in total. The van der Waals surface area contributed by atoms with Crippen molar-refractivity contribution in [3.05, 3.63) is 0 Å². The second-order valence-electron chi connectivity index (χ2n) is 2.08. The fourth-order valence-electron chi connectivity index (χ4n) is 0.489. The summed E-state index contributed by atoms with van der Waals surface area (Å²) in [6.07, 6.45) is -6.68. The van der Waals surface area contributed by atoms with Crippen molar-refractivity contribution < 1.29 is 22.0 Å². The van der Waals surface area contributed by atoms with E-state index in [-0.39, 0.29) is 0 Å². The highest BCUT2D eigenvalue weighted by atomic mass is 127. The molecule has 0 nitrogen and oxygen atoms in total. The quantitative estimate of drug-likeness (QED) is 0.421. The molecule has 11 heavy (non-hydrogen) atoms. The van der Waals surface area contributed by atoms with Crippen molar-refractivity contribution in [3.8, 4) is 0 Å². The van der Waals surface area contributed by atoms with E-state index >= 15 is 0 Å². The maximum atomic E-state index is 11.9.